The van der Waals surface area contributed by atoms with Crippen LogP contribution < -0.4 is 9.64 Å². The maximum absolute atomic E-state index is 12.7. The third kappa shape index (κ3) is 4.68. The van der Waals surface area contributed by atoms with Gasteiger partial charge in [0.25, 0.3) is 0 Å². The van der Waals surface area contributed by atoms with Crippen molar-refractivity contribution in [3.8, 4) is 5.75 Å². The second-order valence-electron chi connectivity index (χ2n) is 5.37. The summed E-state index contributed by atoms with van der Waals surface area (Å²) in [5.41, 5.74) is 1.84. The Morgan fingerprint density at radius 3 is 2.50 bits per heavy atom. The molecular weight excluding hydrogens is 370 g/mol. The summed E-state index contributed by atoms with van der Waals surface area (Å²) in [6.45, 7) is 0.502. The van der Waals surface area contributed by atoms with Crippen molar-refractivity contribution >= 4 is 34.8 Å². The number of aromatic nitrogens is 2. The van der Waals surface area contributed by atoms with Crippen LogP contribution in [0, 0.1) is 3.95 Å². The van der Waals surface area contributed by atoms with Gasteiger partial charge in [0.05, 0.1) is 13.7 Å². The summed E-state index contributed by atoms with van der Waals surface area (Å²) in [4.78, 5) is 14.1. The number of H-pyrrole nitrogens is 1. The number of amides is 1. The summed E-state index contributed by atoms with van der Waals surface area (Å²) in [5, 5.41) is 7.27. The van der Waals surface area contributed by atoms with E-state index in [1.807, 2.05) is 54.6 Å². The summed E-state index contributed by atoms with van der Waals surface area (Å²) >= 11 is 6.30. The number of hydrogen-bond donors (Lipinski definition) is 1. The Morgan fingerprint density at radius 2 is 1.88 bits per heavy atom. The first-order chi connectivity index (χ1) is 12.7. The van der Waals surface area contributed by atoms with Crippen LogP contribution in [-0.4, -0.2) is 23.4 Å². The molecule has 0 atom stereocenters. The monoisotopic (exact) mass is 387 g/mol. The summed E-state index contributed by atoms with van der Waals surface area (Å²) < 4.78 is 11.1. The number of rotatable bonds is 6. The number of carbonyl (C=O) groups excluding carboxylic acids is 1. The highest BCUT2D eigenvalue weighted by molar-refractivity contribution is 7.73. The molecule has 1 N–H and O–H groups in total. The first kappa shape index (κ1) is 18.1. The van der Waals surface area contributed by atoms with Crippen LogP contribution in [0.4, 0.5) is 9.93 Å². The molecule has 0 saturated heterocycles. The Morgan fingerprint density at radius 1 is 1.15 bits per heavy atom. The van der Waals surface area contributed by atoms with E-state index < -0.39 is 6.09 Å². The summed E-state index contributed by atoms with van der Waals surface area (Å²) in [6.07, 6.45) is -0.484. The van der Waals surface area contributed by atoms with Gasteiger partial charge in [0.2, 0.25) is 5.13 Å². The Balaban J connectivity index is 1.76. The second kappa shape index (κ2) is 8.59. The van der Waals surface area contributed by atoms with Crippen molar-refractivity contribution in [2.75, 3.05) is 12.0 Å². The zero-order valence-corrected chi connectivity index (χ0v) is 15.7. The molecule has 6 nitrogen and oxygen atoms in total. The van der Waals surface area contributed by atoms with Gasteiger partial charge in [-0.05, 0) is 35.5 Å². The van der Waals surface area contributed by atoms with Crippen LogP contribution >= 0.6 is 23.6 Å². The first-order valence-electron chi connectivity index (χ1n) is 7.82. The number of methoxy groups -OCH3 is 1. The number of nitrogens with zero attached hydrogens (tertiary/aromatic N) is 2. The van der Waals surface area contributed by atoms with Gasteiger partial charge in [-0.1, -0.05) is 53.8 Å². The largest absolute Gasteiger partial charge is 0.497 e. The van der Waals surface area contributed by atoms with Gasteiger partial charge in [-0.25, -0.2) is 9.69 Å². The van der Waals surface area contributed by atoms with Gasteiger partial charge in [-0.3, -0.25) is 5.10 Å². The molecule has 3 rings (SSSR count). The molecule has 0 aliphatic rings. The lowest BCUT2D eigenvalue weighted by Crippen LogP contribution is -2.31. The van der Waals surface area contributed by atoms with Crippen LogP contribution in [-0.2, 0) is 17.9 Å². The number of benzene rings is 2. The van der Waals surface area contributed by atoms with Gasteiger partial charge in [-0.2, -0.15) is 0 Å². The molecule has 0 aliphatic carbocycles. The molecule has 0 fully saturated rings. The number of anilines is 1. The van der Waals surface area contributed by atoms with Crippen molar-refractivity contribution in [1.82, 2.24) is 10.2 Å². The Bertz CT molecular complexity index is 907. The molecule has 8 heteroatoms. The third-order valence-corrected chi connectivity index (χ3v) is 4.70. The molecule has 26 heavy (non-hydrogen) atoms. The van der Waals surface area contributed by atoms with Crippen molar-refractivity contribution < 1.29 is 14.3 Å². The average molecular weight is 387 g/mol. The highest BCUT2D eigenvalue weighted by atomic mass is 32.1. The van der Waals surface area contributed by atoms with Crippen LogP contribution in [0.5, 0.6) is 5.75 Å². The van der Waals surface area contributed by atoms with E-state index >= 15 is 0 Å². The van der Waals surface area contributed by atoms with E-state index in [0.29, 0.717) is 15.6 Å². The minimum absolute atomic E-state index is 0.189. The molecule has 0 unspecified atom stereocenters. The van der Waals surface area contributed by atoms with Gasteiger partial charge in [-0.15, -0.1) is 5.10 Å². The number of aromatic amines is 1. The first-order valence-corrected chi connectivity index (χ1v) is 9.05. The van der Waals surface area contributed by atoms with Gasteiger partial charge < -0.3 is 9.47 Å². The van der Waals surface area contributed by atoms with E-state index in [-0.39, 0.29) is 6.61 Å². The van der Waals surface area contributed by atoms with E-state index in [9.17, 15) is 4.79 Å². The molecule has 0 bridgehead atoms. The highest BCUT2D eigenvalue weighted by Gasteiger charge is 2.21. The zero-order chi connectivity index (χ0) is 18.4. The fourth-order valence-electron chi connectivity index (χ4n) is 2.26. The predicted octanol–water partition coefficient (Wildman–Crippen LogP) is 4.55. The number of ether oxygens (including phenoxy) is 2. The predicted molar refractivity (Wildman–Crippen MR) is 103 cm³/mol. The SMILES string of the molecule is COc1ccc(CN(C(=O)OCc2ccccc2)c2n[nH]c(=S)s2)cc1. The van der Waals surface area contributed by atoms with Crippen molar-refractivity contribution in [2.24, 2.45) is 0 Å². The summed E-state index contributed by atoms with van der Waals surface area (Å²) in [7, 11) is 1.61. The number of hydrogen-bond acceptors (Lipinski definition) is 6. The van der Waals surface area contributed by atoms with Gasteiger partial charge in [0.1, 0.15) is 12.4 Å². The van der Waals surface area contributed by atoms with Gasteiger partial charge in [0.15, 0.2) is 3.95 Å². The van der Waals surface area contributed by atoms with Crippen molar-refractivity contribution in [3.05, 3.63) is 69.7 Å². The molecule has 134 valence electrons. The van der Waals surface area contributed by atoms with Crippen LogP contribution in [0.3, 0.4) is 0 Å². The molecule has 3 aromatic rings. The van der Waals surface area contributed by atoms with E-state index in [1.165, 1.54) is 16.2 Å². The molecule has 0 spiro atoms. The van der Waals surface area contributed by atoms with Crippen LogP contribution in [0.2, 0.25) is 0 Å². The minimum atomic E-state index is -0.484. The second-order valence-corrected chi connectivity index (χ2v) is 7.01. The van der Waals surface area contributed by atoms with E-state index in [1.54, 1.807) is 7.11 Å². The summed E-state index contributed by atoms with van der Waals surface area (Å²) in [5.74, 6) is 0.752. The molecular formula is C18H17N3O3S2. The molecule has 1 heterocycles. The Hall–Kier alpha value is -2.71. The summed E-state index contributed by atoms with van der Waals surface area (Å²) in [6, 6.07) is 17.0. The van der Waals surface area contributed by atoms with Gasteiger partial charge in [0, 0.05) is 0 Å². The highest BCUT2D eigenvalue weighted by Crippen LogP contribution is 2.22. The van der Waals surface area contributed by atoms with Crippen molar-refractivity contribution in [1.29, 1.82) is 0 Å². The molecule has 0 saturated carbocycles. The van der Waals surface area contributed by atoms with Gasteiger partial charge >= 0.3 is 6.09 Å². The number of carbonyl (C=O) groups is 1. The minimum Gasteiger partial charge on any atom is -0.497 e. The molecule has 2 aromatic carbocycles. The van der Waals surface area contributed by atoms with E-state index in [0.717, 1.165) is 16.9 Å². The van der Waals surface area contributed by atoms with E-state index in [4.69, 9.17) is 21.7 Å². The lowest BCUT2D eigenvalue weighted by Gasteiger charge is -2.19. The fourth-order valence-corrected chi connectivity index (χ4v) is 3.13. The van der Waals surface area contributed by atoms with E-state index in [2.05, 4.69) is 10.2 Å². The van der Waals surface area contributed by atoms with Crippen LogP contribution in [0.25, 0.3) is 0 Å². The molecule has 0 aliphatic heterocycles. The number of nitrogens with one attached hydrogen (secondary N) is 1. The maximum atomic E-state index is 12.7. The third-order valence-electron chi connectivity index (χ3n) is 3.58. The normalized spacial score (nSPS) is 10.3. The molecule has 0 radical (unpaired) electrons. The van der Waals surface area contributed by atoms with Crippen molar-refractivity contribution in [3.63, 3.8) is 0 Å². The fraction of sp³-hybridized carbons (Fsp3) is 0.167. The quantitative estimate of drug-likeness (QED) is 0.629. The van der Waals surface area contributed by atoms with Crippen molar-refractivity contribution in [2.45, 2.75) is 13.2 Å². The standard InChI is InChI=1S/C18H17N3O3S2/c1-23-15-9-7-13(8-10-15)11-21(16-19-20-17(25)26-16)18(22)24-12-14-5-3-2-4-6-14/h2-10H,11-12H2,1H3,(H,20,25). The van der Waals surface area contributed by atoms with Crippen LogP contribution in [0.1, 0.15) is 11.1 Å². The zero-order valence-electron chi connectivity index (χ0n) is 14.0. The smallest absolute Gasteiger partial charge is 0.416 e. The van der Waals surface area contributed by atoms with Crippen LogP contribution in [0.15, 0.2) is 54.6 Å². The molecule has 1 amide bonds. The molecule has 1 aromatic heterocycles. The Labute approximate surface area is 160 Å². The average Bonchev–Trinajstić information content (AvgIpc) is 3.11. The lowest BCUT2D eigenvalue weighted by molar-refractivity contribution is 0.146. The lowest BCUT2D eigenvalue weighted by atomic mass is 10.2. The topological polar surface area (TPSA) is 67.4 Å². The Kier molecular flexibility index (Phi) is 5.98. The maximum Gasteiger partial charge on any atom is 0.416 e.